The van der Waals surface area contributed by atoms with Gasteiger partial charge in [0.2, 0.25) is 5.91 Å². The first-order valence-electron chi connectivity index (χ1n) is 11.1. The van der Waals surface area contributed by atoms with Crippen LogP contribution in [0.3, 0.4) is 0 Å². The minimum atomic E-state index is -0.991. The lowest BCUT2D eigenvalue weighted by Crippen LogP contribution is -2.52. The standard InChI is InChI=1S/C24H30FN5O4/c1-34-15-3-10-26-24(28-21-5-2-4-18(16-21)23(32)33)30-13-11-29(12-14-30)17-22(31)27-20-8-6-19(25)7-9-20/h2,4-9,16H,3,10-15,17H2,1H3,(H,26,28)(H,27,31)(H,32,33). The Labute approximate surface area is 198 Å². The molecule has 182 valence electrons. The van der Waals surface area contributed by atoms with Gasteiger partial charge in [-0.2, -0.15) is 0 Å². The van der Waals surface area contributed by atoms with Crippen molar-refractivity contribution in [1.82, 2.24) is 9.80 Å². The number of carboxylic acid groups (broad SMARTS) is 1. The van der Waals surface area contributed by atoms with Crippen LogP contribution in [0.15, 0.2) is 53.5 Å². The van der Waals surface area contributed by atoms with Crippen molar-refractivity contribution in [3.8, 4) is 0 Å². The number of nitrogens with one attached hydrogen (secondary N) is 2. The maximum atomic E-state index is 13.0. The van der Waals surface area contributed by atoms with Crippen LogP contribution in [0.4, 0.5) is 15.8 Å². The van der Waals surface area contributed by atoms with Gasteiger partial charge in [0.15, 0.2) is 5.96 Å². The molecule has 1 fully saturated rings. The van der Waals surface area contributed by atoms with Gasteiger partial charge in [0.05, 0.1) is 12.1 Å². The molecule has 34 heavy (non-hydrogen) atoms. The molecule has 1 aliphatic heterocycles. The molecule has 2 aromatic carbocycles. The third-order valence-corrected chi connectivity index (χ3v) is 5.30. The van der Waals surface area contributed by atoms with E-state index in [1.807, 2.05) is 4.90 Å². The van der Waals surface area contributed by atoms with Crippen LogP contribution in [0, 0.1) is 5.82 Å². The highest BCUT2D eigenvalue weighted by atomic mass is 19.1. The number of carbonyl (C=O) groups is 2. The summed E-state index contributed by atoms with van der Waals surface area (Å²) in [6, 6.07) is 12.3. The van der Waals surface area contributed by atoms with E-state index in [0.717, 1.165) is 6.42 Å². The van der Waals surface area contributed by atoms with Crippen LogP contribution in [0.1, 0.15) is 16.8 Å². The van der Waals surface area contributed by atoms with E-state index in [1.54, 1.807) is 31.4 Å². The van der Waals surface area contributed by atoms with Crippen molar-refractivity contribution in [1.29, 1.82) is 0 Å². The number of aliphatic imine (C=N–C) groups is 1. The summed E-state index contributed by atoms with van der Waals surface area (Å²) in [7, 11) is 1.64. The summed E-state index contributed by atoms with van der Waals surface area (Å²) in [6.07, 6.45) is 0.764. The maximum Gasteiger partial charge on any atom is 0.335 e. The van der Waals surface area contributed by atoms with Crippen LogP contribution >= 0.6 is 0 Å². The lowest BCUT2D eigenvalue weighted by molar-refractivity contribution is -0.117. The summed E-state index contributed by atoms with van der Waals surface area (Å²) in [4.78, 5) is 32.5. The average molecular weight is 472 g/mol. The second-order valence-electron chi connectivity index (χ2n) is 7.88. The van der Waals surface area contributed by atoms with E-state index < -0.39 is 5.97 Å². The highest BCUT2D eigenvalue weighted by molar-refractivity contribution is 5.96. The number of carbonyl (C=O) groups excluding carboxylic acids is 1. The van der Waals surface area contributed by atoms with E-state index in [9.17, 15) is 19.1 Å². The molecule has 0 spiro atoms. The number of nitrogens with zero attached hydrogens (tertiary/aromatic N) is 3. The molecule has 0 radical (unpaired) electrons. The second-order valence-corrected chi connectivity index (χ2v) is 7.88. The van der Waals surface area contributed by atoms with Crippen LogP contribution < -0.4 is 10.6 Å². The molecule has 0 bridgehead atoms. The number of amides is 1. The number of guanidine groups is 1. The van der Waals surface area contributed by atoms with Crippen molar-refractivity contribution in [2.75, 3.05) is 63.6 Å². The number of aromatic carboxylic acids is 1. The molecule has 2 aromatic rings. The number of hydrogen-bond acceptors (Lipinski definition) is 5. The Morgan fingerprint density at radius 2 is 1.79 bits per heavy atom. The second kappa shape index (κ2) is 12.7. The molecule has 9 nitrogen and oxygen atoms in total. The van der Waals surface area contributed by atoms with Crippen molar-refractivity contribution in [3.05, 3.63) is 59.9 Å². The molecule has 0 atom stereocenters. The maximum absolute atomic E-state index is 13.0. The van der Waals surface area contributed by atoms with Gasteiger partial charge >= 0.3 is 5.97 Å². The summed E-state index contributed by atoms with van der Waals surface area (Å²) in [5, 5.41) is 15.3. The molecule has 0 aromatic heterocycles. The van der Waals surface area contributed by atoms with Crippen molar-refractivity contribution >= 4 is 29.2 Å². The summed E-state index contributed by atoms with van der Waals surface area (Å²) in [6.45, 7) is 4.02. The average Bonchev–Trinajstić information content (AvgIpc) is 2.83. The molecule has 10 heteroatoms. The highest BCUT2D eigenvalue weighted by Gasteiger charge is 2.22. The number of ether oxygens (including phenoxy) is 1. The van der Waals surface area contributed by atoms with Crippen LogP contribution in [0.25, 0.3) is 0 Å². The Balaban J connectivity index is 1.57. The molecule has 1 amide bonds. The molecular formula is C24H30FN5O4. The van der Waals surface area contributed by atoms with E-state index in [-0.39, 0.29) is 23.8 Å². The van der Waals surface area contributed by atoms with Gasteiger partial charge < -0.3 is 25.4 Å². The summed E-state index contributed by atoms with van der Waals surface area (Å²) in [5.41, 5.74) is 1.40. The minimum Gasteiger partial charge on any atom is -0.478 e. The molecule has 1 heterocycles. The Morgan fingerprint density at radius 1 is 1.06 bits per heavy atom. The minimum absolute atomic E-state index is 0.155. The number of halogens is 1. The molecule has 1 aliphatic rings. The van der Waals surface area contributed by atoms with E-state index >= 15 is 0 Å². The van der Waals surface area contributed by atoms with E-state index in [1.165, 1.54) is 24.3 Å². The SMILES string of the molecule is COCCCN=C(Nc1cccc(C(=O)O)c1)N1CCN(CC(=O)Nc2ccc(F)cc2)CC1. The van der Waals surface area contributed by atoms with Gasteiger partial charge in [-0.25, -0.2) is 9.18 Å². The quantitative estimate of drug-likeness (QED) is 0.293. The molecule has 0 unspecified atom stereocenters. The number of methoxy groups -OCH3 is 1. The number of benzene rings is 2. The number of carboxylic acids is 1. The summed E-state index contributed by atoms with van der Waals surface area (Å²) >= 11 is 0. The zero-order valence-electron chi connectivity index (χ0n) is 19.2. The molecule has 1 saturated heterocycles. The molecule has 3 rings (SSSR count). The van der Waals surface area contributed by atoms with Gasteiger partial charge in [-0.05, 0) is 48.9 Å². The predicted molar refractivity (Wildman–Crippen MR) is 129 cm³/mol. The van der Waals surface area contributed by atoms with E-state index in [2.05, 4.69) is 20.5 Å². The first-order chi connectivity index (χ1) is 16.4. The molecule has 0 aliphatic carbocycles. The summed E-state index contributed by atoms with van der Waals surface area (Å²) in [5.74, 6) is -0.835. The Kier molecular flexibility index (Phi) is 9.36. The zero-order valence-corrected chi connectivity index (χ0v) is 19.2. The fraction of sp³-hybridized carbons (Fsp3) is 0.375. The predicted octanol–water partition coefficient (Wildman–Crippen LogP) is 2.58. The fourth-order valence-corrected chi connectivity index (χ4v) is 3.53. The zero-order chi connectivity index (χ0) is 24.3. The van der Waals surface area contributed by atoms with E-state index in [4.69, 9.17) is 4.74 Å². The van der Waals surface area contributed by atoms with Crippen molar-refractivity contribution in [2.45, 2.75) is 6.42 Å². The highest BCUT2D eigenvalue weighted by Crippen LogP contribution is 2.13. The third-order valence-electron chi connectivity index (χ3n) is 5.30. The van der Waals surface area contributed by atoms with Crippen LogP contribution in [-0.2, 0) is 9.53 Å². The van der Waals surface area contributed by atoms with Crippen LogP contribution in [-0.4, -0.2) is 85.7 Å². The fourth-order valence-electron chi connectivity index (χ4n) is 3.53. The van der Waals surface area contributed by atoms with Gasteiger partial charge in [0.1, 0.15) is 5.82 Å². The lowest BCUT2D eigenvalue weighted by atomic mass is 10.2. The van der Waals surface area contributed by atoms with Crippen LogP contribution in [0.5, 0.6) is 0 Å². The van der Waals surface area contributed by atoms with Crippen molar-refractivity contribution < 1.29 is 23.8 Å². The largest absolute Gasteiger partial charge is 0.478 e. The topological polar surface area (TPSA) is 106 Å². The van der Waals surface area contributed by atoms with Gasteiger partial charge in [0.25, 0.3) is 0 Å². The van der Waals surface area contributed by atoms with Gasteiger partial charge in [-0.1, -0.05) is 6.07 Å². The van der Waals surface area contributed by atoms with Crippen LogP contribution in [0.2, 0.25) is 0 Å². The number of piperazine rings is 1. The lowest BCUT2D eigenvalue weighted by Gasteiger charge is -2.36. The third kappa shape index (κ3) is 7.82. The molecule has 0 saturated carbocycles. The summed E-state index contributed by atoms with van der Waals surface area (Å²) < 4.78 is 18.1. The normalized spacial score (nSPS) is 14.6. The Hall–Kier alpha value is -3.50. The molecular weight excluding hydrogens is 441 g/mol. The first-order valence-corrected chi connectivity index (χ1v) is 11.1. The number of anilines is 2. The Morgan fingerprint density at radius 3 is 2.47 bits per heavy atom. The van der Waals surface area contributed by atoms with E-state index in [0.29, 0.717) is 56.7 Å². The molecule has 3 N–H and O–H groups in total. The smallest absolute Gasteiger partial charge is 0.335 e. The monoisotopic (exact) mass is 471 g/mol. The number of rotatable bonds is 9. The van der Waals surface area contributed by atoms with Gasteiger partial charge in [-0.15, -0.1) is 0 Å². The number of hydrogen-bond donors (Lipinski definition) is 3. The van der Waals surface area contributed by atoms with Crippen molar-refractivity contribution in [2.24, 2.45) is 4.99 Å². The Bertz CT molecular complexity index is 991. The first kappa shape index (κ1) is 25.1. The van der Waals surface area contributed by atoms with Gasteiger partial charge in [-0.3, -0.25) is 14.7 Å². The van der Waals surface area contributed by atoms with Crippen molar-refractivity contribution in [3.63, 3.8) is 0 Å². The van der Waals surface area contributed by atoms with Gasteiger partial charge in [0, 0.05) is 57.8 Å².